The summed E-state index contributed by atoms with van der Waals surface area (Å²) in [6.45, 7) is 4.74. The SMILES string of the molecule is CC1(C)c2ccccc2-c2cc([N+]3(c4ccc(-c5cccc6c5oc5ccccc56)cc4)C4=CC5=C(C3=C4)c3ccccc3C53c4ccc5ccccc5c4Oc4c3ccc3ccccc43)ccc21. The summed E-state index contributed by atoms with van der Waals surface area (Å²) in [5, 5.41) is 6.85. The average Bonchev–Trinajstić information content (AvgIpc) is 4.01. The minimum atomic E-state index is -0.639. The molecule has 10 aromatic carbocycles. The quantitative estimate of drug-likeness (QED) is 0.165. The molecule has 0 saturated carbocycles. The molecule has 3 heteroatoms. The van der Waals surface area contributed by atoms with Gasteiger partial charge in [-0.3, -0.25) is 0 Å². The van der Waals surface area contributed by atoms with Crippen molar-refractivity contribution < 1.29 is 9.15 Å². The predicted octanol–water partition coefficient (Wildman–Crippen LogP) is 17.2. The van der Waals surface area contributed by atoms with E-state index in [1.165, 1.54) is 89.2 Å². The molecule has 2 bridgehead atoms. The van der Waals surface area contributed by atoms with Crippen molar-refractivity contribution in [3.63, 3.8) is 0 Å². The smallest absolute Gasteiger partial charge is 0.162 e. The maximum atomic E-state index is 7.31. The summed E-state index contributed by atoms with van der Waals surface area (Å²) in [6, 6.07) is 76.3. The molecule has 0 N–H and O–H groups in total. The summed E-state index contributed by atoms with van der Waals surface area (Å²) in [7, 11) is 0. The molecule has 4 heterocycles. The Kier molecular flexibility index (Phi) is 7.04. The van der Waals surface area contributed by atoms with Crippen LogP contribution in [0.1, 0.15) is 47.2 Å². The average molecular weight is 881 g/mol. The topological polar surface area (TPSA) is 22.4 Å². The number of para-hydroxylation sites is 2. The highest BCUT2D eigenvalue weighted by molar-refractivity contribution is 6.10. The van der Waals surface area contributed by atoms with Gasteiger partial charge in [0, 0.05) is 79.6 Å². The van der Waals surface area contributed by atoms with Crippen LogP contribution < -0.4 is 9.22 Å². The van der Waals surface area contributed by atoms with Crippen molar-refractivity contribution in [1.29, 1.82) is 0 Å². The van der Waals surface area contributed by atoms with E-state index in [1.807, 2.05) is 6.07 Å². The van der Waals surface area contributed by atoms with Crippen LogP contribution in [0, 0.1) is 0 Å². The monoisotopic (exact) mass is 880 g/mol. The zero-order valence-corrected chi connectivity index (χ0v) is 38.0. The third-order valence-electron chi connectivity index (χ3n) is 16.6. The van der Waals surface area contributed by atoms with E-state index in [9.17, 15) is 0 Å². The molecule has 0 fully saturated rings. The highest BCUT2D eigenvalue weighted by Crippen LogP contribution is 2.70. The lowest BCUT2D eigenvalue weighted by Crippen LogP contribution is -2.50. The third kappa shape index (κ3) is 4.48. The molecule has 16 rings (SSSR count). The van der Waals surface area contributed by atoms with Gasteiger partial charge in [-0.25, -0.2) is 0 Å². The normalized spacial score (nSPS) is 18.2. The van der Waals surface area contributed by atoms with Gasteiger partial charge in [0.15, 0.2) is 11.4 Å². The molecule has 0 radical (unpaired) electrons. The van der Waals surface area contributed by atoms with Gasteiger partial charge in [-0.15, -0.1) is 0 Å². The van der Waals surface area contributed by atoms with Gasteiger partial charge < -0.3 is 9.15 Å². The first-order valence-electron chi connectivity index (χ1n) is 24.1. The number of quaternary nitrogens is 1. The van der Waals surface area contributed by atoms with Crippen molar-refractivity contribution in [3.8, 4) is 33.8 Å². The lowest BCUT2D eigenvalue weighted by Gasteiger charge is -2.49. The van der Waals surface area contributed by atoms with Crippen LogP contribution >= 0.6 is 0 Å². The van der Waals surface area contributed by atoms with Crippen molar-refractivity contribution in [2.24, 2.45) is 0 Å². The van der Waals surface area contributed by atoms with Gasteiger partial charge in [-0.05, 0) is 73.5 Å². The summed E-state index contributed by atoms with van der Waals surface area (Å²) >= 11 is 0. The second-order valence-electron chi connectivity index (χ2n) is 20.0. The Bertz CT molecular complexity index is 4170. The highest BCUT2D eigenvalue weighted by Gasteiger charge is 2.62. The first-order valence-corrected chi connectivity index (χ1v) is 24.1. The number of hydrogen-bond donors (Lipinski definition) is 0. The second kappa shape index (κ2) is 12.9. The Morgan fingerprint density at radius 2 is 1.00 bits per heavy atom. The fraction of sp³-hybridized carbons (Fsp3) is 0.0606. The molecule has 1 unspecified atom stereocenters. The maximum Gasteiger partial charge on any atom is 0.162 e. The van der Waals surface area contributed by atoms with Gasteiger partial charge in [0.25, 0.3) is 0 Å². The summed E-state index contributed by atoms with van der Waals surface area (Å²) in [4.78, 5) is 0. The summed E-state index contributed by atoms with van der Waals surface area (Å²) in [5.41, 5.74) is 21.1. The molecule has 0 saturated heterocycles. The van der Waals surface area contributed by atoms with E-state index in [4.69, 9.17) is 9.15 Å². The molecule has 11 aromatic rings. The lowest BCUT2D eigenvalue weighted by molar-refractivity contribution is 0.445. The van der Waals surface area contributed by atoms with E-state index in [2.05, 4.69) is 226 Å². The molecule has 3 aliphatic heterocycles. The fourth-order valence-corrected chi connectivity index (χ4v) is 13.5. The van der Waals surface area contributed by atoms with Gasteiger partial charge in [0.1, 0.15) is 34.0 Å². The first-order chi connectivity index (χ1) is 34.0. The summed E-state index contributed by atoms with van der Waals surface area (Å²) in [5.74, 6) is 1.87. The number of rotatable bonds is 3. The Morgan fingerprint density at radius 3 is 1.75 bits per heavy atom. The number of fused-ring (bicyclic) bond motifs is 21. The molecule has 322 valence electrons. The van der Waals surface area contributed by atoms with Crippen molar-refractivity contribution in [2.45, 2.75) is 24.7 Å². The number of hydrogen-bond acceptors (Lipinski definition) is 2. The van der Waals surface area contributed by atoms with Gasteiger partial charge in [0.05, 0.1) is 11.5 Å². The van der Waals surface area contributed by atoms with Gasteiger partial charge in [-0.2, -0.15) is 4.48 Å². The van der Waals surface area contributed by atoms with E-state index >= 15 is 0 Å². The van der Waals surface area contributed by atoms with E-state index in [0.29, 0.717) is 4.48 Å². The molecule has 3 nitrogen and oxygen atoms in total. The molecule has 0 amide bonds. The third-order valence-corrected chi connectivity index (χ3v) is 16.6. The molecule has 2 aliphatic carbocycles. The van der Waals surface area contributed by atoms with Crippen LogP contribution in [0.5, 0.6) is 11.5 Å². The van der Waals surface area contributed by atoms with E-state index in [0.717, 1.165) is 55.3 Å². The van der Waals surface area contributed by atoms with Gasteiger partial charge in [0.2, 0.25) is 0 Å². The number of benzene rings is 10. The molecule has 5 aliphatic rings. The van der Waals surface area contributed by atoms with Crippen molar-refractivity contribution in [2.75, 3.05) is 0 Å². The lowest BCUT2D eigenvalue weighted by atomic mass is 9.63. The minimum absolute atomic E-state index is 0.109. The second-order valence-corrected chi connectivity index (χ2v) is 20.0. The zero-order valence-electron chi connectivity index (χ0n) is 38.0. The summed E-state index contributed by atoms with van der Waals surface area (Å²) < 4.78 is 14.4. The summed E-state index contributed by atoms with van der Waals surface area (Å²) in [6.07, 6.45) is 5.02. The molecular formula is C66H42NO2+. The van der Waals surface area contributed by atoms with E-state index in [-0.39, 0.29) is 5.41 Å². The van der Waals surface area contributed by atoms with E-state index < -0.39 is 5.41 Å². The van der Waals surface area contributed by atoms with Crippen molar-refractivity contribution in [3.05, 3.63) is 269 Å². The predicted molar refractivity (Wildman–Crippen MR) is 282 cm³/mol. The standard InChI is InChI=1S/C66H42NO2/c1-65(2)53-23-10-7-18-48(53)52-36-43(32-35-54(52)65)67(42-30-26-41(27-31-42)45-21-13-22-50-49-19-9-12-25-60(49)68-62(45)50)44-37-58-61(59(67)38-44)51-20-8-11-24-55(51)66(58)56-33-28-39-14-3-5-16-46(39)63(56)69-64-47-17-6-4-15-40(47)29-34-57(64)66/h3-38H,1-2H3/q+1. The van der Waals surface area contributed by atoms with Crippen LogP contribution in [0.2, 0.25) is 0 Å². The van der Waals surface area contributed by atoms with Crippen LogP contribution in [-0.2, 0) is 10.8 Å². The number of allylic oxidation sites excluding steroid dienone is 4. The van der Waals surface area contributed by atoms with E-state index in [1.54, 1.807) is 0 Å². The van der Waals surface area contributed by atoms with Crippen LogP contribution in [0.4, 0.5) is 11.4 Å². The maximum absolute atomic E-state index is 7.31. The molecule has 1 atom stereocenters. The largest absolute Gasteiger partial charge is 0.455 e. The molecule has 1 aromatic heterocycles. The molecule has 1 spiro atoms. The number of nitrogens with zero attached hydrogens (tertiary/aromatic N) is 1. The molecule has 69 heavy (non-hydrogen) atoms. The zero-order chi connectivity index (χ0) is 45.4. The highest BCUT2D eigenvalue weighted by atomic mass is 16.5. The van der Waals surface area contributed by atoms with Crippen LogP contribution in [-0.4, -0.2) is 0 Å². The molecular weight excluding hydrogens is 839 g/mol. The van der Waals surface area contributed by atoms with Gasteiger partial charge in [-0.1, -0.05) is 178 Å². The Hall–Kier alpha value is -8.50. The minimum Gasteiger partial charge on any atom is -0.455 e. The van der Waals surface area contributed by atoms with Crippen molar-refractivity contribution in [1.82, 2.24) is 4.48 Å². The fourth-order valence-electron chi connectivity index (χ4n) is 13.5. The first kappa shape index (κ1) is 37.6. The Labute approximate surface area is 399 Å². The Morgan fingerprint density at radius 1 is 0.420 bits per heavy atom. The number of furan rings is 1. The van der Waals surface area contributed by atoms with Crippen molar-refractivity contribution >= 4 is 60.4 Å². The Balaban J connectivity index is 0.963. The number of ether oxygens (including phenoxy) is 1. The van der Waals surface area contributed by atoms with Crippen LogP contribution in [0.25, 0.3) is 71.3 Å². The van der Waals surface area contributed by atoms with Crippen LogP contribution in [0.15, 0.2) is 240 Å². The van der Waals surface area contributed by atoms with Gasteiger partial charge >= 0.3 is 0 Å². The van der Waals surface area contributed by atoms with Crippen LogP contribution in [0.3, 0.4) is 0 Å².